The third-order valence-electron chi connectivity index (χ3n) is 1.86. The van der Waals surface area contributed by atoms with Crippen LogP contribution < -0.4 is 17.2 Å². The molecule has 6 heteroatoms. The van der Waals surface area contributed by atoms with Gasteiger partial charge in [0.2, 0.25) is 0 Å². The molecule has 0 saturated carbocycles. The predicted octanol–water partition coefficient (Wildman–Crippen LogP) is 0.350. The zero-order valence-electron chi connectivity index (χ0n) is 9.76. The van der Waals surface area contributed by atoms with E-state index in [1.807, 2.05) is 14.0 Å². The van der Waals surface area contributed by atoms with E-state index in [-0.39, 0.29) is 5.97 Å². The average Bonchev–Trinajstić information content (AvgIpc) is 2.27. The van der Waals surface area contributed by atoms with E-state index in [0.29, 0.717) is 30.3 Å². The summed E-state index contributed by atoms with van der Waals surface area (Å²) in [6.45, 7) is 2.35. The van der Waals surface area contributed by atoms with E-state index < -0.39 is 28.1 Å². The van der Waals surface area contributed by atoms with Crippen molar-refractivity contribution < 1.29 is 29.8 Å². The van der Waals surface area contributed by atoms with Gasteiger partial charge in [0.1, 0.15) is 0 Å². The van der Waals surface area contributed by atoms with Crippen molar-refractivity contribution in [2.45, 2.75) is 19.8 Å². The van der Waals surface area contributed by atoms with Crippen LogP contribution in [0.15, 0.2) is 9.66 Å². The molecule has 0 radical (unpaired) electrons. The molecule has 0 unspecified atom stereocenters. The summed E-state index contributed by atoms with van der Waals surface area (Å²) >= 11 is -1.43. The fourth-order valence-corrected chi connectivity index (χ4v) is 45.5. The second kappa shape index (κ2) is 8.46. The Morgan fingerprint density at radius 1 is 1.62 bits per heavy atom. The van der Waals surface area contributed by atoms with Gasteiger partial charge in [-0.05, 0) is 0 Å². The summed E-state index contributed by atoms with van der Waals surface area (Å²) in [5.74, 6) is -0.0502. The third-order valence-corrected chi connectivity index (χ3v) is 56.5. The van der Waals surface area contributed by atoms with Crippen molar-refractivity contribution >= 4 is 34.1 Å². The Bertz CT molecular complexity index is 268. The van der Waals surface area contributed by atoms with Crippen LogP contribution in [-0.4, -0.2) is 29.0 Å². The number of hydrogen-bond donors (Lipinski definition) is 0. The number of halogens is 3. The molecule has 0 fully saturated rings. The van der Waals surface area contributed by atoms with E-state index >= 15 is 0 Å². The fourth-order valence-electron chi connectivity index (χ4n) is 1.19. The molecule has 1 aliphatic rings. The molecule has 0 bridgehead atoms. The van der Waals surface area contributed by atoms with Crippen LogP contribution >= 0.6 is 28.1 Å². The maximum atomic E-state index is 11.2. The van der Waals surface area contributed by atoms with Crippen molar-refractivity contribution in [1.82, 2.24) is 0 Å². The molecular formula is C10H18I3O3-. The summed E-state index contributed by atoms with van der Waals surface area (Å²) < 4.78 is 14.4. The molecule has 3 nitrogen and oxygen atoms in total. The zero-order valence-corrected chi connectivity index (χ0v) is 16.2. The molecule has 98 valence electrons. The molecule has 1 heterocycles. The first-order valence-electron chi connectivity index (χ1n) is 4.97. The molecule has 0 aromatic rings. The van der Waals surface area contributed by atoms with Gasteiger partial charge in [0.25, 0.3) is 0 Å². The molecule has 1 rings (SSSR count). The Morgan fingerprint density at radius 3 is 2.94 bits per heavy atom. The molecule has 0 aromatic heterocycles. The van der Waals surface area contributed by atoms with Gasteiger partial charge in [-0.3, -0.25) is 0 Å². The van der Waals surface area contributed by atoms with Crippen LogP contribution in [0.5, 0.6) is 0 Å². The summed E-state index contributed by atoms with van der Waals surface area (Å²) in [5.41, 5.74) is 1.53. The number of carbonyl (C=O) groups is 1. The van der Waals surface area contributed by atoms with Gasteiger partial charge in [-0.15, -0.1) is 0 Å². The third kappa shape index (κ3) is 5.34. The Labute approximate surface area is 115 Å². The normalized spacial score (nSPS) is 21.1. The van der Waals surface area contributed by atoms with Crippen molar-refractivity contribution in [2.24, 2.45) is 0 Å². The van der Waals surface area contributed by atoms with Crippen molar-refractivity contribution in [3.63, 3.8) is 0 Å². The standard InChI is InChI=1S/C10H18I3O3/c1-4-16-10(14)6-5-9-7-11-13(15-3)12(2)8-9/h8H,4-7H2,1-3H3/q-1. The van der Waals surface area contributed by atoms with Crippen molar-refractivity contribution in [2.75, 3.05) is 23.1 Å². The number of ether oxygens (including phenoxy) is 1. The number of alkyl halides is 2. The van der Waals surface area contributed by atoms with Crippen LogP contribution in [-0.2, 0) is 12.6 Å². The van der Waals surface area contributed by atoms with E-state index in [1.54, 1.807) is 0 Å². The van der Waals surface area contributed by atoms with Crippen LogP contribution in [0.4, 0.5) is 0 Å². The summed E-state index contributed by atoms with van der Waals surface area (Å²) in [7, 11) is 1.90. The van der Waals surface area contributed by atoms with E-state index in [9.17, 15) is 4.79 Å². The number of allylic oxidation sites excluding steroid dienone is 1. The molecule has 0 aromatic carbocycles. The van der Waals surface area contributed by atoms with Crippen molar-refractivity contribution in [1.29, 1.82) is 0 Å². The van der Waals surface area contributed by atoms with Gasteiger partial charge >= 0.3 is 116 Å². The van der Waals surface area contributed by atoms with Gasteiger partial charge in [-0.2, -0.15) is 0 Å². The maximum absolute atomic E-state index is 11.2. The predicted molar refractivity (Wildman–Crippen MR) is 79.8 cm³/mol. The van der Waals surface area contributed by atoms with E-state index in [2.05, 4.69) is 9.01 Å². The van der Waals surface area contributed by atoms with E-state index in [1.165, 1.54) is 10.0 Å². The van der Waals surface area contributed by atoms with Gasteiger partial charge in [0.15, 0.2) is 0 Å². The topological polar surface area (TPSA) is 35.5 Å². The Balaban J connectivity index is 2.36. The second-order valence-electron chi connectivity index (χ2n) is 3.08. The summed E-state index contributed by atoms with van der Waals surface area (Å²) in [5, 5.41) is 0. The quantitative estimate of drug-likeness (QED) is 0.274. The molecule has 0 aliphatic carbocycles. The minimum absolute atomic E-state index is 0.0502. The Morgan fingerprint density at radius 2 is 2.38 bits per heavy atom. The first kappa shape index (κ1) is 15.4. The summed E-state index contributed by atoms with van der Waals surface area (Å²) in [6.07, 6.45) is 1.49. The number of rotatable bonds is 5. The SMILES string of the molecule is CCOC(=O)CCC1=CI(C)I(OC)[I-]C1. The Hall–Kier alpha value is 1.36. The summed E-state index contributed by atoms with van der Waals surface area (Å²) in [6, 6.07) is 0. The molecule has 0 atom stereocenters. The molecular weight excluding hydrogens is 549 g/mol. The first-order chi connectivity index (χ1) is 7.67. The van der Waals surface area contributed by atoms with Crippen LogP contribution in [0, 0.1) is 0 Å². The van der Waals surface area contributed by atoms with Crippen LogP contribution in [0.1, 0.15) is 19.8 Å². The van der Waals surface area contributed by atoms with Crippen molar-refractivity contribution in [3.05, 3.63) is 9.66 Å². The molecule has 0 spiro atoms. The van der Waals surface area contributed by atoms with Gasteiger partial charge in [0, 0.05) is 0 Å². The van der Waals surface area contributed by atoms with Crippen molar-refractivity contribution in [3.8, 4) is 0 Å². The van der Waals surface area contributed by atoms with Crippen LogP contribution in [0.2, 0.25) is 0 Å². The monoisotopic (exact) mass is 567 g/mol. The van der Waals surface area contributed by atoms with Gasteiger partial charge in [-0.1, -0.05) is 0 Å². The number of esters is 1. The van der Waals surface area contributed by atoms with E-state index in [4.69, 9.17) is 7.80 Å². The van der Waals surface area contributed by atoms with Gasteiger partial charge in [-0.25, -0.2) is 0 Å². The average molecular weight is 567 g/mol. The van der Waals surface area contributed by atoms with Gasteiger partial charge < -0.3 is 0 Å². The first-order valence-corrected chi connectivity index (χ1v) is 23.3. The summed E-state index contributed by atoms with van der Waals surface area (Å²) in [4.78, 5) is 13.7. The molecule has 0 amide bonds. The Kier molecular flexibility index (Phi) is 8.15. The molecule has 16 heavy (non-hydrogen) atoms. The molecule has 1 aliphatic heterocycles. The van der Waals surface area contributed by atoms with Crippen LogP contribution in [0.25, 0.3) is 0 Å². The number of hydrogen-bond acceptors (Lipinski definition) is 3. The molecule has 0 saturated heterocycles. The zero-order chi connectivity index (χ0) is 12.0. The van der Waals surface area contributed by atoms with Crippen LogP contribution in [0.3, 0.4) is 0 Å². The second-order valence-corrected chi connectivity index (χ2v) is 42.3. The van der Waals surface area contributed by atoms with Gasteiger partial charge in [0.05, 0.1) is 0 Å². The molecule has 0 N–H and O–H groups in total. The fraction of sp³-hybridized carbons (Fsp3) is 0.700. The van der Waals surface area contributed by atoms with E-state index in [0.717, 1.165) is 6.42 Å². The minimum atomic E-state index is -0.897. The number of carbonyl (C=O) groups excluding carboxylic acids is 1.